The molecule has 0 saturated carbocycles. The summed E-state index contributed by atoms with van der Waals surface area (Å²) in [6.07, 6.45) is 1.53. The van der Waals surface area contributed by atoms with E-state index in [9.17, 15) is 23.5 Å². The van der Waals surface area contributed by atoms with Gasteiger partial charge in [-0.05, 0) is 55.1 Å². The predicted molar refractivity (Wildman–Crippen MR) is 97.1 cm³/mol. The summed E-state index contributed by atoms with van der Waals surface area (Å²) in [5.41, 5.74) is 1.48. The number of nitrogens with zero attached hydrogens (tertiary/aromatic N) is 1. The van der Waals surface area contributed by atoms with Gasteiger partial charge < -0.3 is 15.2 Å². The van der Waals surface area contributed by atoms with Crippen LogP contribution in [0.5, 0.6) is 0 Å². The zero-order valence-electron chi connectivity index (χ0n) is 16.5. The van der Waals surface area contributed by atoms with Gasteiger partial charge in [0, 0.05) is 6.54 Å². The van der Waals surface area contributed by atoms with Crippen LogP contribution >= 0.6 is 0 Å². The Balaban J connectivity index is 0.00000300. The Morgan fingerprint density at radius 1 is 1.17 bits per heavy atom. The Bertz CT molecular complexity index is 877. The van der Waals surface area contributed by atoms with Crippen molar-refractivity contribution in [2.45, 2.75) is 38.4 Å². The molecule has 1 aliphatic heterocycles. The third-order valence-electron chi connectivity index (χ3n) is 5.04. The smallest absolute Gasteiger partial charge is 0.545 e. The third kappa shape index (κ3) is 5.66. The molecule has 1 unspecified atom stereocenters. The van der Waals surface area contributed by atoms with Crippen LogP contribution in [-0.4, -0.2) is 29.4 Å². The molecule has 0 aromatic heterocycles. The molecule has 0 radical (unpaired) electrons. The van der Waals surface area contributed by atoms with Crippen LogP contribution in [0.3, 0.4) is 0 Å². The van der Waals surface area contributed by atoms with Crippen molar-refractivity contribution in [3.8, 4) is 0 Å². The topological polar surface area (TPSA) is 72.5 Å². The Hall–Kier alpha value is -2.20. The van der Waals surface area contributed by atoms with E-state index in [0.29, 0.717) is 25.1 Å². The quantitative estimate of drug-likeness (QED) is 0.650. The molecule has 0 bridgehead atoms. The summed E-state index contributed by atoms with van der Waals surface area (Å²) in [5.74, 6) is -3.18. The number of amides is 1. The van der Waals surface area contributed by atoms with Crippen molar-refractivity contribution in [1.29, 1.82) is 0 Å². The number of carbonyl (C=O) groups is 2. The molecule has 0 aliphatic carbocycles. The number of rotatable bonds is 6. The normalized spacial score (nSPS) is 17.4. The average molecular weight is 394 g/mol. The second kappa shape index (κ2) is 10.0. The minimum Gasteiger partial charge on any atom is -0.545 e. The van der Waals surface area contributed by atoms with Crippen molar-refractivity contribution < 1.29 is 42.3 Å². The van der Waals surface area contributed by atoms with Crippen molar-refractivity contribution in [3.63, 3.8) is 0 Å². The molecule has 0 spiro atoms. The fraction of sp³-hybridized carbons (Fsp3) is 0.333. The summed E-state index contributed by atoms with van der Waals surface area (Å²) in [5, 5.41) is 13.8. The first-order valence-corrected chi connectivity index (χ1v) is 9.15. The van der Waals surface area contributed by atoms with Gasteiger partial charge in [0.25, 0.3) is 0 Å². The molecule has 1 N–H and O–H groups in total. The van der Waals surface area contributed by atoms with Crippen LogP contribution in [0.2, 0.25) is 0 Å². The van der Waals surface area contributed by atoms with Gasteiger partial charge in [-0.2, -0.15) is 0 Å². The third-order valence-corrected chi connectivity index (χ3v) is 5.04. The average Bonchev–Trinajstić information content (AvgIpc) is 3.13. The monoisotopic (exact) mass is 394 g/mol. The summed E-state index contributed by atoms with van der Waals surface area (Å²) in [6.45, 7) is 2.89. The number of carbonyl (C=O) groups excluding carboxylic acids is 2. The van der Waals surface area contributed by atoms with Crippen LogP contribution in [0.25, 0.3) is 0 Å². The van der Waals surface area contributed by atoms with Crippen molar-refractivity contribution in [2.24, 2.45) is 0 Å². The van der Waals surface area contributed by atoms with E-state index in [1.807, 2.05) is 11.8 Å². The van der Waals surface area contributed by atoms with Gasteiger partial charge >= 0.3 is 18.9 Å². The van der Waals surface area contributed by atoms with Crippen LogP contribution in [0.1, 0.15) is 47.3 Å². The second-order valence-electron chi connectivity index (χ2n) is 7.02. The number of carboxylic acid groups (broad SMARTS) is 1. The molecule has 29 heavy (non-hydrogen) atoms. The maximum atomic E-state index is 13.4. The first-order chi connectivity index (χ1) is 13.3. The molecule has 3 rings (SSSR count). The van der Waals surface area contributed by atoms with Crippen molar-refractivity contribution in [1.82, 2.24) is 10.2 Å². The van der Waals surface area contributed by atoms with Crippen molar-refractivity contribution in [3.05, 3.63) is 70.8 Å². The van der Waals surface area contributed by atoms with Gasteiger partial charge in [-0.25, -0.2) is 8.78 Å². The SMILES string of the molecule is C[C@H](NC(=O)C1CCCN1Cc1ccc(F)c(F)c1)c1ccc(C(=O)[O-])cc1.[Li+]. The van der Waals surface area contributed by atoms with Gasteiger partial charge in [0.2, 0.25) is 5.91 Å². The molecule has 148 valence electrons. The summed E-state index contributed by atoms with van der Waals surface area (Å²) in [4.78, 5) is 25.5. The molecule has 2 atom stereocenters. The van der Waals surface area contributed by atoms with Gasteiger partial charge in [-0.1, -0.05) is 30.3 Å². The minimum atomic E-state index is -1.25. The van der Waals surface area contributed by atoms with Gasteiger partial charge in [0.1, 0.15) is 0 Å². The Kier molecular flexibility index (Phi) is 7.97. The number of halogens is 2. The second-order valence-corrected chi connectivity index (χ2v) is 7.02. The van der Waals surface area contributed by atoms with Crippen LogP contribution in [0.4, 0.5) is 8.78 Å². The van der Waals surface area contributed by atoms with Gasteiger partial charge in [0.05, 0.1) is 18.1 Å². The molecule has 2 aromatic rings. The van der Waals surface area contributed by atoms with Crippen LogP contribution in [0, 0.1) is 11.6 Å². The number of hydrogen-bond acceptors (Lipinski definition) is 4. The van der Waals surface area contributed by atoms with Gasteiger partial charge in [0.15, 0.2) is 11.6 Å². The minimum absolute atomic E-state index is 0. The molecule has 8 heteroatoms. The number of carboxylic acids is 1. The fourth-order valence-corrected chi connectivity index (χ4v) is 3.49. The van der Waals surface area contributed by atoms with Crippen LogP contribution in [-0.2, 0) is 11.3 Å². The van der Waals surface area contributed by atoms with Crippen LogP contribution in [0.15, 0.2) is 42.5 Å². The number of nitrogens with one attached hydrogen (secondary N) is 1. The molecule has 2 aromatic carbocycles. The van der Waals surface area contributed by atoms with E-state index < -0.39 is 17.6 Å². The van der Waals surface area contributed by atoms with E-state index in [1.165, 1.54) is 18.2 Å². The first-order valence-electron chi connectivity index (χ1n) is 9.15. The fourth-order valence-electron chi connectivity index (χ4n) is 3.49. The standard InChI is InChI=1S/C21H22F2N2O3.Li/c1-13(15-5-7-16(8-6-15)21(27)28)24-20(26)19-3-2-10-25(19)12-14-4-9-17(22)18(23)11-14;/h4-9,11,13,19H,2-3,10,12H2,1H3,(H,24,26)(H,27,28);/q;+1/p-1/t13-,19?;/m0./s1. The Morgan fingerprint density at radius 2 is 1.86 bits per heavy atom. The van der Waals surface area contributed by atoms with Gasteiger partial charge in [-0.15, -0.1) is 0 Å². The predicted octanol–water partition coefficient (Wildman–Crippen LogP) is -0.826. The van der Waals surface area contributed by atoms with Crippen molar-refractivity contribution >= 4 is 11.9 Å². The molecule has 1 heterocycles. The number of benzene rings is 2. The van der Waals surface area contributed by atoms with E-state index in [2.05, 4.69) is 5.32 Å². The number of likely N-dealkylation sites (tertiary alicyclic amines) is 1. The Labute approximate surface area is 180 Å². The maximum Gasteiger partial charge on any atom is 1.00 e. The molecule has 1 saturated heterocycles. The van der Waals surface area contributed by atoms with E-state index >= 15 is 0 Å². The molecular formula is C21H21F2LiN2O3. The molecule has 1 fully saturated rings. The zero-order valence-corrected chi connectivity index (χ0v) is 16.5. The van der Waals surface area contributed by atoms with Crippen LogP contribution < -0.4 is 29.3 Å². The molecule has 5 nitrogen and oxygen atoms in total. The summed E-state index contributed by atoms with van der Waals surface area (Å²) in [7, 11) is 0. The largest absolute Gasteiger partial charge is 1.00 e. The molecule has 1 aliphatic rings. The molecule has 1 amide bonds. The summed E-state index contributed by atoms with van der Waals surface area (Å²) >= 11 is 0. The number of aromatic carboxylic acids is 1. The maximum absolute atomic E-state index is 13.4. The first kappa shape index (κ1) is 23.1. The summed E-state index contributed by atoms with van der Waals surface area (Å²) < 4.78 is 26.5. The van der Waals surface area contributed by atoms with E-state index in [1.54, 1.807) is 12.1 Å². The summed E-state index contributed by atoms with van der Waals surface area (Å²) in [6, 6.07) is 9.29. The number of hydrogen-bond donors (Lipinski definition) is 1. The van der Waals surface area contributed by atoms with Gasteiger partial charge in [-0.3, -0.25) is 9.69 Å². The van der Waals surface area contributed by atoms with E-state index in [-0.39, 0.29) is 42.4 Å². The van der Waals surface area contributed by atoms with Crippen molar-refractivity contribution in [2.75, 3.05) is 6.54 Å². The van der Waals surface area contributed by atoms with E-state index in [0.717, 1.165) is 24.1 Å². The van der Waals surface area contributed by atoms with E-state index in [4.69, 9.17) is 0 Å². The molecular weight excluding hydrogens is 373 g/mol. The zero-order chi connectivity index (χ0) is 20.3. The Morgan fingerprint density at radius 3 is 2.48 bits per heavy atom.